The lowest BCUT2D eigenvalue weighted by molar-refractivity contribution is 0.140. The Kier molecular flexibility index (Phi) is 11.1. The number of nitriles is 1. The van der Waals surface area contributed by atoms with Crippen LogP contribution in [0.3, 0.4) is 0 Å². The molecule has 0 N–H and O–H groups in total. The first-order valence-corrected chi connectivity index (χ1v) is 13.6. The van der Waals surface area contributed by atoms with E-state index in [1.54, 1.807) is 6.08 Å². The molecule has 0 aliphatic heterocycles. The lowest BCUT2D eigenvalue weighted by Crippen LogP contribution is -2.25. The summed E-state index contributed by atoms with van der Waals surface area (Å²) in [6.07, 6.45) is 28.6. The summed E-state index contributed by atoms with van der Waals surface area (Å²) in [6.45, 7) is 2.23. The van der Waals surface area contributed by atoms with E-state index in [-0.39, 0.29) is 0 Å². The predicted octanol–water partition coefficient (Wildman–Crippen LogP) is 8.99. The van der Waals surface area contributed by atoms with Gasteiger partial charge in [0.25, 0.3) is 0 Å². The summed E-state index contributed by atoms with van der Waals surface area (Å²) in [5.74, 6) is 3.99. The van der Waals surface area contributed by atoms with Gasteiger partial charge in [-0.1, -0.05) is 87.9 Å². The van der Waals surface area contributed by atoms with Crippen molar-refractivity contribution in [2.75, 3.05) is 0 Å². The highest BCUT2D eigenvalue weighted by atomic mass is 14.4. The molecule has 0 amide bonds. The molecular weight excluding hydrogens is 386 g/mol. The SMILES string of the molecule is CCc1ccc(CCCC[C@H]2CC[C@H](C3CCC(CC/C=C/C=C/C#N)CC3)CC2)cc1. The van der Waals surface area contributed by atoms with Crippen LogP contribution in [0, 0.1) is 35.0 Å². The second kappa shape index (κ2) is 14.4. The largest absolute Gasteiger partial charge is 0.193 e. The molecule has 0 unspecified atom stereocenters. The van der Waals surface area contributed by atoms with Crippen molar-refractivity contribution in [3.05, 3.63) is 59.7 Å². The Bertz CT molecular complexity index is 719. The van der Waals surface area contributed by atoms with E-state index < -0.39 is 0 Å². The average Bonchev–Trinajstić information content (AvgIpc) is 2.85. The van der Waals surface area contributed by atoms with E-state index in [2.05, 4.69) is 37.3 Å². The maximum Gasteiger partial charge on any atom is 0.0912 e. The Morgan fingerprint density at radius 3 is 1.97 bits per heavy atom. The molecule has 174 valence electrons. The number of allylic oxidation sites excluding steroid dienone is 4. The summed E-state index contributed by atoms with van der Waals surface area (Å²) in [7, 11) is 0. The first-order valence-electron chi connectivity index (χ1n) is 13.6. The molecule has 0 spiro atoms. The van der Waals surface area contributed by atoms with Crippen molar-refractivity contribution in [3.63, 3.8) is 0 Å². The van der Waals surface area contributed by atoms with Crippen molar-refractivity contribution in [1.29, 1.82) is 5.26 Å². The Balaban J connectivity index is 1.24. The zero-order chi connectivity index (χ0) is 22.4. The number of hydrogen-bond acceptors (Lipinski definition) is 1. The second-order valence-electron chi connectivity index (χ2n) is 10.5. The van der Waals surface area contributed by atoms with Crippen LogP contribution in [0.15, 0.2) is 48.6 Å². The summed E-state index contributed by atoms with van der Waals surface area (Å²) in [5.41, 5.74) is 2.98. The molecule has 0 bridgehead atoms. The summed E-state index contributed by atoms with van der Waals surface area (Å²) in [5, 5.41) is 8.50. The highest BCUT2D eigenvalue weighted by molar-refractivity contribution is 5.22. The topological polar surface area (TPSA) is 23.8 Å². The summed E-state index contributed by atoms with van der Waals surface area (Å²) >= 11 is 0. The van der Waals surface area contributed by atoms with E-state index >= 15 is 0 Å². The highest BCUT2D eigenvalue weighted by Crippen LogP contribution is 2.43. The van der Waals surface area contributed by atoms with Gasteiger partial charge >= 0.3 is 0 Å². The van der Waals surface area contributed by atoms with Crippen LogP contribution in [-0.4, -0.2) is 0 Å². The molecule has 1 aromatic rings. The molecular formula is C31H45N. The number of rotatable bonds is 11. The van der Waals surface area contributed by atoms with E-state index in [9.17, 15) is 0 Å². The molecule has 1 heteroatoms. The van der Waals surface area contributed by atoms with Gasteiger partial charge in [-0.2, -0.15) is 5.26 Å². The molecule has 2 saturated carbocycles. The van der Waals surface area contributed by atoms with Crippen LogP contribution in [0.4, 0.5) is 0 Å². The molecule has 0 radical (unpaired) electrons. The fourth-order valence-corrected chi connectivity index (χ4v) is 6.21. The van der Waals surface area contributed by atoms with Gasteiger partial charge in [0.2, 0.25) is 0 Å². The molecule has 1 nitrogen and oxygen atoms in total. The predicted molar refractivity (Wildman–Crippen MR) is 137 cm³/mol. The maximum atomic E-state index is 8.50. The minimum absolute atomic E-state index is 0.936. The van der Waals surface area contributed by atoms with Crippen LogP contribution >= 0.6 is 0 Å². The van der Waals surface area contributed by atoms with Gasteiger partial charge in [-0.3, -0.25) is 0 Å². The Labute approximate surface area is 198 Å². The standard InChI is InChI=1S/C31H45N/c1-2-26-13-15-27(16-14-26)11-7-8-12-29-19-23-31(24-20-29)30-21-17-28(18-22-30)10-6-4-3-5-9-25-32/h3-5,9,13-16,28-31H,2,6-8,10-12,17-24H2,1H3/b4-3+,9-5+/t28?,29-,30?,31-. The third kappa shape index (κ3) is 8.61. The summed E-state index contributed by atoms with van der Waals surface area (Å²) < 4.78 is 0. The Morgan fingerprint density at radius 1 is 0.781 bits per heavy atom. The molecule has 0 heterocycles. The zero-order valence-electron chi connectivity index (χ0n) is 20.5. The van der Waals surface area contributed by atoms with E-state index in [0.29, 0.717) is 0 Å². The van der Waals surface area contributed by atoms with E-state index in [1.165, 1.54) is 101 Å². The van der Waals surface area contributed by atoms with Crippen molar-refractivity contribution in [2.45, 2.75) is 103 Å². The molecule has 1 aromatic carbocycles. The second-order valence-corrected chi connectivity index (χ2v) is 10.5. The van der Waals surface area contributed by atoms with Crippen molar-refractivity contribution in [3.8, 4) is 6.07 Å². The fraction of sp³-hybridized carbons (Fsp3) is 0.645. The van der Waals surface area contributed by atoms with Gasteiger partial charge in [0.1, 0.15) is 0 Å². The molecule has 0 atom stereocenters. The maximum absolute atomic E-state index is 8.50. The van der Waals surface area contributed by atoms with E-state index in [0.717, 1.165) is 30.1 Å². The monoisotopic (exact) mass is 431 g/mol. The first kappa shape index (κ1) is 24.8. The number of benzene rings is 1. The van der Waals surface area contributed by atoms with Crippen LogP contribution in [0.5, 0.6) is 0 Å². The molecule has 2 fully saturated rings. The van der Waals surface area contributed by atoms with Crippen LogP contribution < -0.4 is 0 Å². The molecule has 0 saturated heterocycles. The fourth-order valence-electron chi connectivity index (χ4n) is 6.21. The van der Waals surface area contributed by atoms with E-state index in [1.807, 2.05) is 18.2 Å². The van der Waals surface area contributed by atoms with Crippen LogP contribution in [0.1, 0.15) is 102 Å². The summed E-state index contributed by atoms with van der Waals surface area (Å²) in [4.78, 5) is 0. The lowest BCUT2D eigenvalue weighted by atomic mass is 9.68. The molecule has 3 rings (SSSR count). The van der Waals surface area contributed by atoms with Gasteiger partial charge in [-0.15, -0.1) is 0 Å². The molecule has 0 aromatic heterocycles. The minimum atomic E-state index is 0.936. The quantitative estimate of drug-likeness (QED) is 0.195. The third-order valence-electron chi connectivity index (χ3n) is 8.37. The van der Waals surface area contributed by atoms with Crippen molar-refractivity contribution >= 4 is 0 Å². The third-order valence-corrected chi connectivity index (χ3v) is 8.37. The number of unbranched alkanes of at least 4 members (excludes halogenated alkanes) is 1. The molecule has 2 aliphatic rings. The van der Waals surface area contributed by atoms with Gasteiger partial charge in [0.15, 0.2) is 0 Å². The van der Waals surface area contributed by atoms with Gasteiger partial charge in [0.05, 0.1) is 6.07 Å². The van der Waals surface area contributed by atoms with Crippen molar-refractivity contribution in [2.24, 2.45) is 23.7 Å². The lowest BCUT2D eigenvalue weighted by Gasteiger charge is -2.38. The smallest absolute Gasteiger partial charge is 0.0912 e. The van der Waals surface area contributed by atoms with Gasteiger partial charge in [0, 0.05) is 6.08 Å². The number of nitrogens with zero attached hydrogens (tertiary/aromatic N) is 1. The molecule has 32 heavy (non-hydrogen) atoms. The average molecular weight is 432 g/mol. The van der Waals surface area contributed by atoms with Gasteiger partial charge in [-0.05, 0) is 92.6 Å². The van der Waals surface area contributed by atoms with Crippen LogP contribution in [0.25, 0.3) is 0 Å². The van der Waals surface area contributed by atoms with Crippen LogP contribution in [0.2, 0.25) is 0 Å². The number of aryl methyl sites for hydroxylation is 2. The Hall–Kier alpha value is -1.81. The van der Waals surface area contributed by atoms with Crippen LogP contribution in [-0.2, 0) is 12.8 Å². The first-order chi connectivity index (χ1) is 15.8. The number of hydrogen-bond donors (Lipinski definition) is 0. The molecule has 2 aliphatic carbocycles. The van der Waals surface area contributed by atoms with Gasteiger partial charge in [-0.25, -0.2) is 0 Å². The normalized spacial score (nSPS) is 26.5. The minimum Gasteiger partial charge on any atom is -0.193 e. The van der Waals surface area contributed by atoms with Crippen molar-refractivity contribution in [1.82, 2.24) is 0 Å². The van der Waals surface area contributed by atoms with Gasteiger partial charge < -0.3 is 0 Å². The highest BCUT2D eigenvalue weighted by Gasteiger charge is 2.30. The van der Waals surface area contributed by atoms with E-state index in [4.69, 9.17) is 5.26 Å². The Morgan fingerprint density at radius 2 is 1.38 bits per heavy atom. The van der Waals surface area contributed by atoms with Crippen molar-refractivity contribution < 1.29 is 0 Å². The summed E-state index contributed by atoms with van der Waals surface area (Å²) in [6, 6.07) is 11.3. The zero-order valence-corrected chi connectivity index (χ0v) is 20.5.